The molecular formula is C12H18O2. The van der Waals surface area contributed by atoms with E-state index in [1.54, 1.807) is 7.11 Å². The van der Waals surface area contributed by atoms with Gasteiger partial charge in [-0.05, 0) is 43.9 Å². The van der Waals surface area contributed by atoms with Gasteiger partial charge in [0.05, 0.1) is 7.11 Å². The number of aromatic hydroxyl groups is 1. The second kappa shape index (κ2) is 3.91. The first kappa shape index (κ1) is 10.9. The monoisotopic (exact) mass is 194 g/mol. The fourth-order valence-corrected chi connectivity index (χ4v) is 1.91. The van der Waals surface area contributed by atoms with Crippen LogP contribution in [0.25, 0.3) is 0 Å². The molecule has 0 radical (unpaired) electrons. The molecule has 0 bridgehead atoms. The lowest BCUT2D eigenvalue weighted by molar-refractivity contribution is 0.402. The highest BCUT2D eigenvalue weighted by atomic mass is 16.5. The number of hydrogen-bond donors (Lipinski definition) is 1. The van der Waals surface area contributed by atoms with E-state index in [0.29, 0.717) is 5.75 Å². The van der Waals surface area contributed by atoms with E-state index < -0.39 is 0 Å². The Bertz CT molecular complexity index is 323. The predicted molar refractivity (Wildman–Crippen MR) is 58.2 cm³/mol. The zero-order valence-corrected chi connectivity index (χ0v) is 9.56. The quantitative estimate of drug-likeness (QED) is 0.784. The number of benzene rings is 1. The van der Waals surface area contributed by atoms with Crippen molar-refractivity contribution in [3.05, 3.63) is 22.3 Å². The minimum atomic E-state index is 0.420. The highest BCUT2D eigenvalue weighted by molar-refractivity contribution is 5.57. The molecule has 1 aromatic carbocycles. The zero-order valence-electron chi connectivity index (χ0n) is 9.56. The molecule has 0 fully saturated rings. The molecule has 0 saturated carbocycles. The van der Waals surface area contributed by atoms with Crippen LogP contribution in [-0.2, 0) is 6.42 Å². The normalized spacial score (nSPS) is 10.4. The SMILES string of the molecule is CCc1c(C)c(OC)c(C)c(C)c1O. The molecular weight excluding hydrogens is 176 g/mol. The van der Waals surface area contributed by atoms with Crippen molar-refractivity contribution < 1.29 is 9.84 Å². The number of hydrogen-bond acceptors (Lipinski definition) is 2. The molecule has 0 aliphatic carbocycles. The first-order chi connectivity index (χ1) is 6.54. The van der Waals surface area contributed by atoms with Gasteiger partial charge in [0.15, 0.2) is 0 Å². The largest absolute Gasteiger partial charge is 0.507 e. The van der Waals surface area contributed by atoms with Gasteiger partial charge in [-0.15, -0.1) is 0 Å². The van der Waals surface area contributed by atoms with E-state index in [-0.39, 0.29) is 0 Å². The van der Waals surface area contributed by atoms with Crippen LogP contribution in [0.2, 0.25) is 0 Å². The highest BCUT2D eigenvalue weighted by Crippen LogP contribution is 2.36. The Morgan fingerprint density at radius 1 is 1.07 bits per heavy atom. The molecule has 0 unspecified atom stereocenters. The Morgan fingerprint density at radius 2 is 1.64 bits per heavy atom. The van der Waals surface area contributed by atoms with Gasteiger partial charge < -0.3 is 9.84 Å². The molecule has 1 rings (SSSR count). The molecule has 0 aliphatic heterocycles. The fourth-order valence-electron chi connectivity index (χ4n) is 1.91. The van der Waals surface area contributed by atoms with Gasteiger partial charge in [-0.2, -0.15) is 0 Å². The summed E-state index contributed by atoms with van der Waals surface area (Å²) in [5, 5.41) is 9.92. The molecule has 0 saturated heterocycles. The minimum absolute atomic E-state index is 0.420. The summed E-state index contributed by atoms with van der Waals surface area (Å²) in [5.74, 6) is 1.32. The first-order valence-electron chi connectivity index (χ1n) is 4.90. The smallest absolute Gasteiger partial charge is 0.125 e. The molecule has 14 heavy (non-hydrogen) atoms. The Kier molecular flexibility index (Phi) is 3.04. The van der Waals surface area contributed by atoms with Gasteiger partial charge in [-0.1, -0.05) is 6.92 Å². The Balaban J connectivity index is 3.56. The maximum atomic E-state index is 9.92. The molecule has 0 aromatic heterocycles. The lowest BCUT2D eigenvalue weighted by Crippen LogP contribution is -1.99. The number of rotatable bonds is 2. The molecule has 1 aromatic rings. The van der Waals surface area contributed by atoms with Crippen molar-refractivity contribution in [3.63, 3.8) is 0 Å². The van der Waals surface area contributed by atoms with Crippen molar-refractivity contribution in [1.29, 1.82) is 0 Å². The summed E-state index contributed by atoms with van der Waals surface area (Å²) in [6.07, 6.45) is 0.829. The number of methoxy groups -OCH3 is 1. The van der Waals surface area contributed by atoms with Gasteiger partial charge in [0.1, 0.15) is 11.5 Å². The van der Waals surface area contributed by atoms with Crippen molar-refractivity contribution in [2.75, 3.05) is 7.11 Å². The van der Waals surface area contributed by atoms with Crippen LogP contribution >= 0.6 is 0 Å². The van der Waals surface area contributed by atoms with Crippen molar-refractivity contribution in [2.45, 2.75) is 34.1 Å². The molecule has 1 N–H and O–H groups in total. The molecule has 0 heterocycles. The van der Waals surface area contributed by atoms with Crippen LogP contribution in [0.1, 0.15) is 29.2 Å². The third-order valence-electron chi connectivity index (χ3n) is 2.90. The van der Waals surface area contributed by atoms with E-state index in [2.05, 4.69) is 0 Å². The molecule has 2 heteroatoms. The van der Waals surface area contributed by atoms with Crippen LogP contribution in [0.15, 0.2) is 0 Å². The van der Waals surface area contributed by atoms with Gasteiger partial charge in [-0.3, -0.25) is 0 Å². The first-order valence-corrected chi connectivity index (χ1v) is 4.90. The summed E-state index contributed by atoms with van der Waals surface area (Å²) in [4.78, 5) is 0. The molecule has 0 spiro atoms. The second-order valence-corrected chi connectivity index (χ2v) is 3.59. The Morgan fingerprint density at radius 3 is 2.07 bits per heavy atom. The molecule has 0 atom stereocenters. The van der Waals surface area contributed by atoms with Gasteiger partial charge in [0, 0.05) is 5.56 Å². The maximum Gasteiger partial charge on any atom is 0.125 e. The standard InChI is InChI=1S/C12H18O2/c1-6-10-9(4)12(14-5)8(3)7(2)11(10)13/h13H,6H2,1-5H3. The second-order valence-electron chi connectivity index (χ2n) is 3.59. The summed E-state index contributed by atoms with van der Waals surface area (Å²) in [6.45, 7) is 7.92. The fraction of sp³-hybridized carbons (Fsp3) is 0.500. The number of ether oxygens (including phenoxy) is 1. The lowest BCUT2D eigenvalue weighted by Gasteiger charge is -2.17. The zero-order chi connectivity index (χ0) is 10.9. The Hall–Kier alpha value is -1.18. The minimum Gasteiger partial charge on any atom is -0.507 e. The lowest BCUT2D eigenvalue weighted by atomic mass is 9.96. The average molecular weight is 194 g/mol. The predicted octanol–water partition coefficient (Wildman–Crippen LogP) is 2.89. The van der Waals surface area contributed by atoms with Gasteiger partial charge in [-0.25, -0.2) is 0 Å². The van der Waals surface area contributed by atoms with Crippen molar-refractivity contribution in [2.24, 2.45) is 0 Å². The van der Waals surface area contributed by atoms with Crippen molar-refractivity contribution in [1.82, 2.24) is 0 Å². The molecule has 0 aliphatic rings. The van der Waals surface area contributed by atoms with Crippen LogP contribution in [0.4, 0.5) is 0 Å². The maximum absolute atomic E-state index is 9.92. The van der Waals surface area contributed by atoms with Gasteiger partial charge in [0.25, 0.3) is 0 Å². The summed E-state index contributed by atoms with van der Waals surface area (Å²) >= 11 is 0. The van der Waals surface area contributed by atoms with Crippen LogP contribution in [0.3, 0.4) is 0 Å². The third-order valence-corrected chi connectivity index (χ3v) is 2.90. The molecule has 78 valence electrons. The number of phenols is 1. The van der Waals surface area contributed by atoms with Gasteiger partial charge in [0.2, 0.25) is 0 Å². The van der Waals surface area contributed by atoms with Crippen molar-refractivity contribution >= 4 is 0 Å². The third kappa shape index (κ3) is 1.45. The summed E-state index contributed by atoms with van der Waals surface area (Å²) < 4.78 is 5.34. The molecule has 2 nitrogen and oxygen atoms in total. The van der Waals surface area contributed by atoms with Gasteiger partial charge >= 0.3 is 0 Å². The van der Waals surface area contributed by atoms with Crippen LogP contribution in [-0.4, -0.2) is 12.2 Å². The topological polar surface area (TPSA) is 29.5 Å². The molecule has 0 amide bonds. The van der Waals surface area contributed by atoms with E-state index in [1.165, 1.54) is 0 Å². The Labute approximate surface area is 85.5 Å². The van der Waals surface area contributed by atoms with E-state index in [0.717, 1.165) is 34.4 Å². The summed E-state index contributed by atoms with van der Waals surface area (Å²) in [6, 6.07) is 0. The van der Waals surface area contributed by atoms with E-state index in [4.69, 9.17) is 4.74 Å². The van der Waals surface area contributed by atoms with E-state index in [9.17, 15) is 5.11 Å². The average Bonchev–Trinajstić information content (AvgIpc) is 2.16. The number of phenolic OH excluding ortho intramolecular Hbond substituents is 1. The van der Waals surface area contributed by atoms with E-state index >= 15 is 0 Å². The van der Waals surface area contributed by atoms with Crippen LogP contribution in [0.5, 0.6) is 11.5 Å². The van der Waals surface area contributed by atoms with E-state index in [1.807, 2.05) is 27.7 Å². The van der Waals surface area contributed by atoms with Crippen LogP contribution < -0.4 is 4.74 Å². The summed E-state index contributed by atoms with van der Waals surface area (Å²) in [5.41, 5.74) is 3.99. The van der Waals surface area contributed by atoms with Crippen molar-refractivity contribution in [3.8, 4) is 11.5 Å². The summed E-state index contributed by atoms with van der Waals surface area (Å²) in [7, 11) is 1.67. The highest BCUT2D eigenvalue weighted by Gasteiger charge is 2.15. The van der Waals surface area contributed by atoms with Crippen LogP contribution in [0, 0.1) is 20.8 Å².